The van der Waals surface area contributed by atoms with Gasteiger partial charge < -0.3 is 0 Å². The summed E-state index contributed by atoms with van der Waals surface area (Å²) in [5.74, 6) is 3.45. The number of hydrogen-bond acceptors (Lipinski definition) is 3. The fraction of sp³-hybridized carbons (Fsp3) is 0.397. The topological polar surface area (TPSA) is 51.2 Å². The largest absolute Gasteiger partial charge is 0.294 e. The molecular weight excluding hydrogens is 1070 g/mol. The van der Waals surface area contributed by atoms with Gasteiger partial charge in [0.15, 0.2) is 17.3 Å². The lowest BCUT2D eigenvalue weighted by atomic mass is 9.72. The highest BCUT2D eigenvalue weighted by Crippen LogP contribution is 2.41. The number of benzene rings is 6. The van der Waals surface area contributed by atoms with Gasteiger partial charge in [-0.05, 0) is 188 Å². The summed E-state index contributed by atoms with van der Waals surface area (Å²) in [5.41, 5.74) is 19.1. The minimum atomic E-state index is 0.134. The summed E-state index contributed by atoms with van der Waals surface area (Å²) in [6.07, 6.45) is 14.1. The Morgan fingerprint density at radius 3 is 1.25 bits per heavy atom. The lowest BCUT2D eigenvalue weighted by Gasteiger charge is -2.32. The molecule has 73 heavy (non-hydrogen) atoms. The smallest absolute Gasteiger partial charge is 0.163 e. The molecule has 0 bridgehead atoms. The highest BCUT2D eigenvalue weighted by atomic mass is 127. The van der Waals surface area contributed by atoms with E-state index in [1.165, 1.54) is 72.9 Å². The number of carbonyl (C=O) groups is 3. The van der Waals surface area contributed by atoms with Gasteiger partial charge in [0.1, 0.15) is 0 Å². The lowest BCUT2D eigenvalue weighted by Crippen LogP contribution is -2.27. The molecule has 0 amide bonds. The second-order valence-electron chi connectivity index (χ2n) is 23.4. The van der Waals surface area contributed by atoms with Gasteiger partial charge in [0.2, 0.25) is 0 Å². The molecule has 6 aromatic carbocycles. The Morgan fingerprint density at radius 1 is 0.438 bits per heavy atom. The van der Waals surface area contributed by atoms with Gasteiger partial charge >= 0.3 is 0 Å². The molecule has 3 nitrogen and oxygen atoms in total. The maximum atomic E-state index is 11.8. The van der Waals surface area contributed by atoms with Crippen molar-refractivity contribution in [2.75, 3.05) is 0 Å². The Bertz CT molecular complexity index is 2860. The number of halogens is 2. The third kappa shape index (κ3) is 16.1. The first-order chi connectivity index (χ1) is 34.1. The molecule has 0 unspecified atom stereocenters. The molecule has 0 saturated heterocycles. The van der Waals surface area contributed by atoms with Crippen LogP contribution in [0.2, 0.25) is 0 Å². The minimum Gasteiger partial charge on any atom is -0.294 e. The van der Waals surface area contributed by atoms with E-state index >= 15 is 0 Å². The Hall–Kier alpha value is -4.90. The van der Waals surface area contributed by atoms with Crippen molar-refractivity contribution >= 4 is 55.9 Å². The zero-order valence-electron chi connectivity index (χ0n) is 46.4. The summed E-state index contributed by atoms with van der Waals surface area (Å²) in [4.78, 5) is 35.2. The molecule has 4 aliphatic rings. The second-order valence-corrected chi connectivity index (χ2v) is 25.5. The average molecular weight is 1150 g/mol. The van der Waals surface area contributed by atoms with Crippen LogP contribution in [0.4, 0.5) is 0 Å². The SMILES string of the molecule is C#Cc1ccc(C)cc1.Cc1cc2c(cc1Br)C(=O)CCC2(C)C.Cc1ccc(I)cc1.Cc1ccc2c(c1)C(C)(C)CCC2.Cc1ccc2c(c1)C(C)(C)CCC2=O.Cc1ccc2c(c1)C(C)(C)CCC2=O. The van der Waals surface area contributed by atoms with Gasteiger partial charge in [-0.1, -0.05) is 190 Å². The third-order valence-corrected chi connectivity index (χ3v) is 16.7. The van der Waals surface area contributed by atoms with Crippen LogP contribution in [0.25, 0.3) is 0 Å². The standard InChI is InChI=1S/C13H15BrO.2C13H16O.C13H18.C9H8.C7H7I/c1-8-6-10-9(7-11(8)14)12(15)4-5-13(10,2)3;2*1-9-4-5-10-11(8-9)13(2,3)7-6-12(10)14;1-10-6-7-11-5-4-8-13(2,3)12(11)9-10;1-3-9-6-4-8(2)5-7-9;1-6-2-4-7(8)5-3-6/h6-7H,4-5H2,1-3H3;2*4-5,8H,6-7H2,1-3H3;6-7,9H,4-5,8H2,1-3H3;1,4-7H,2H3;2-5H,1H3. The third-order valence-electron chi connectivity index (χ3n) is 15.1. The normalized spacial score (nSPS) is 16.8. The fourth-order valence-corrected chi connectivity index (χ4v) is 10.8. The number of hydrogen-bond donors (Lipinski definition) is 0. The van der Waals surface area contributed by atoms with Crippen LogP contribution in [-0.2, 0) is 28.1 Å². The number of carbonyl (C=O) groups excluding carboxylic acids is 3. The first-order valence-corrected chi connectivity index (χ1v) is 28.0. The maximum absolute atomic E-state index is 11.8. The molecule has 0 saturated carbocycles. The molecule has 0 N–H and O–H groups in total. The van der Waals surface area contributed by atoms with Crippen molar-refractivity contribution in [3.8, 4) is 12.3 Å². The lowest BCUT2D eigenvalue weighted by molar-refractivity contribution is 0.0949. The van der Waals surface area contributed by atoms with Crippen LogP contribution in [0, 0.1) is 57.5 Å². The monoisotopic (exact) mass is 1150 g/mol. The molecule has 0 heterocycles. The highest BCUT2D eigenvalue weighted by molar-refractivity contribution is 14.1. The number of rotatable bonds is 0. The number of terminal acetylenes is 1. The summed E-state index contributed by atoms with van der Waals surface area (Å²) >= 11 is 5.78. The number of Topliss-reactive ketones (excluding diaryl/α,β-unsaturated/α-hetero) is 3. The highest BCUT2D eigenvalue weighted by Gasteiger charge is 2.34. The zero-order valence-corrected chi connectivity index (χ0v) is 50.1. The van der Waals surface area contributed by atoms with Crippen molar-refractivity contribution in [3.63, 3.8) is 0 Å². The van der Waals surface area contributed by atoms with Crippen LogP contribution in [0.15, 0.2) is 120 Å². The van der Waals surface area contributed by atoms with Crippen LogP contribution >= 0.6 is 38.5 Å². The molecule has 0 radical (unpaired) electrons. The average Bonchev–Trinajstić information content (AvgIpc) is 3.34. The molecule has 0 aromatic heterocycles. The van der Waals surface area contributed by atoms with Crippen molar-refractivity contribution in [2.24, 2.45) is 0 Å². The predicted octanol–water partition coefficient (Wildman–Crippen LogP) is 18.7. The molecule has 4 aliphatic carbocycles. The van der Waals surface area contributed by atoms with E-state index in [1.54, 1.807) is 11.1 Å². The Labute approximate surface area is 462 Å². The summed E-state index contributed by atoms with van der Waals surface area (Å²) < 4.78 is 2.33. The van der Waals surface area contributed by atoms with Crippen LogP contribution in [0.1, 0.15) is 205 Å². The first kappa shape index (κ1) is 59.0. The zero-order chi connectivity index (χ0) is 54.1. The first-order valence-electron chi connectivity index (χ1n) is 26.1. The molecule has 10 rings (SSSR count). The van der Waals surface area contributed by atoms with E-state index < -0.39 is 0 Å². The van der Waals surface area contributed by atoms with Gasteiger partial charge in [0.25, 0.3) is 0 Å². The number of fused-ring (bicyclic) bond motifs is 4. The summed E-state index contributed by atoms with van der Waals surface area (Å²) in [5, 5.41) is 0. The van der Waals surface area contributed by atoms with E-state index in [9.17, 15) is 14.4 Å². The maximum Gasteiger partial charge on any atom is 0.163 e. The molecule has 384 valence electrons. The van der Waals surface area contributed by atoms with E-state index in [4.69, 9.17) is 6.42 Å². The fourth-order valence-electron chi connectivity index (χ4n) is 10.1. The van der Waals surface area contributed by atoms with E-state index in [1.807, 2.05) is 61.5 Å². The van der Waals surface area contributed by atoms with Crippen molar-refractivity contribution < 1.29 is 14.4 Å². The van der Waals surface area contributed by atoms with Gasteiger partial charge in [0.05, 0.1) is 0 Å². The van der Waals surface area contributed by atoms with Crippen LogP contribution < -0.4 is 0 Å². The van der Waals surface area contributed by atoms with Gasteiger partial charge in [-0.25, -0.2) is 0 Å². The van der Waals surface area contributed by atoms with Crippen molar-refractivity contribution in [1.29, 1.82) is 0 Å². The Kier molecular flexibility index (Phi) is 20.3. The van der Waals surface area contributed by atoms with Crippen molar-refractivity contribution in [3.05, 3.63) is 207 Å². The van der Waals surface area contributed by atoms with Gasteiger partial charge in [0, 0.05) is 49.6 Å². The van der Waals surface area contributed by atoms with Crippen LogP contribution in [0.5, 0.6) is 0 Å². The van der Waals surface area contributed by atoms with Crippen molar-refractivity contribution in [2.45, 2.75) is 176 Å². The molecule has 5 heteroatoms. The molecule has 6 aromatic rings. The summed E-state index contributed by atoms with van der Waals surface area (Å²) in [6.45, 7) is 30.6. The van der Waals surface area contributed by atoms with E-state index in [0.29, 0.717) is 36.2 Å². The minimum absolute atomic E-state index is 0.134. The predicted molar refractivity (Wildman–Crippen MR) is 321 cm³/mol. The van der Waals surface area contributed by atoms with Crippen LogP contribution in [0.3, 0.4) is 0 Å². The van der Waals surface area contributed by atoms with E-state index in [-0.39, 0.29) is 22.0 Å². The van der Waals surface area contributed by atoms with E-state index in [0.717, 1.165) is 46.0 Å². The quantitative estimate of drug-likeness (QED) is 0.112. The van der Waals surface area contributed by atoms with Crippen LogP contribution in [-0.4, -0.2) is 17.3 Å². The van der Waals surface area contributed by atoms with Crippen molar-refractivity contribution in [1.82, 2.24) is 0 Å². The molecule has 0 spiro atoms. The Balaban J connectivity index is 0.000000164. The number of aryl methyl sites for hydroxylation is 7. The molecule has 0 fully saturated rings. The molecule has 0 aliphatic heterocycles. The van der Waals surface area contributed by atoms with Gasteiger partial charge in [-0.2, -0.15) is 0 Å². The molecular formula is C68H80BrIO3. The molecule has 0 atom stereocenters. The Morgan fingerprint density at radius 2 is 0.808 bits per heavy atom. The van der Waals surface area contributed by atoms with E-state index in [2.05, 4.69) is 195 Å². The van der Waals surface area contributed by atoms with Gasteiger partial charge in [-0.3, -0.25) is 14.4 Å². The second kappa shape index (κ2) is 25.1. The summed E-state index contributed by atoms with van der Waals surface area (Å²) in [7, 11) is 0. The van der Waals surface area contributed by atoms with Gasteiger partial charge in [-0.15, -0.1) is 6.42 Å². The summed E-state index contributed by atoms with van der Waals surface area (Å²) in [6, 6.07) is 39.7. The number of ketones is 3.